The Kier molecular flexibility index (Phi) is 4.07. The summed E-state index contributed by atoms with van der Waals surface area (Å²) in [7, 11) is 0. The predicted octanol–water partition coefficient (Wildman–Crippen LogP) is 2.07. The fraction of sp³-hybridized carbons (Fsp3) is 0.467. The van der Waals surface area contributed by atoms with Gasteiger partial charge in [-0.25, -0.2) is 4.98 Å². The minimum Gasteiger partial charge on any atom is -0.440 e. The molecule has 3 heterocycles. The zero-order chi connectivity index (χ0) is 14.8. The van der Waals surface area contributed by atoms with Crippen LogP contribution in [0.2, 0.25) is 0 Å². The Labute approximate surface area is 128 Å². The second-order valence-electron chi connectivity index (χ2n) is 5.32. The summed E-state index contributed by atoms with van der Waals surface area (Å²) in [5.74, 6) is 1.46. The topological polar surface area (TPSA) is 58.4 Å². The molecular weight excluding hydrogens is 286 g/mol. The minimum absolute atomic E-state index is 0.123. The molecule has 1 saturated heterocycles. The van der Waals surface area contributed by atoms with Gasteiger partial charge in [0.2, 0.25) is 11.8 Å². The summed E-state index contributed by atoms with van der Waals surface area (Å²) >= 11 is 1.59. The lowest BCUT2D eigenvalue weighted by atomic mass is 10.1. The Balaban J connectivity index is 1.74. The first-order chi connectivity index (χ1) is 10.1. The quantitative estimate of drug-likeness (QED) is 0.943. The molecule has 0 aromatic carbocycles. The number of nitrogens with zero attached hydrogens (tertiary/aromatic N) is 2. The highest BCUT2D eigenvalue weighted by atomic mass is 32.1. The van der Waals surface area contributed by atoms with Crippen LogP contribution in [0.15, 0.2) is 21.9 Å². The molecule has 112 valence electrons. The maximum absolute atomic E-state index is 12.4. The van der Waals surface area contributed by atoms with Gasteiger partial charge in [0.1, 0.15) is 5.76 Å². The van der Waals surface area contributed by atoms with E-state index in [1.165, 1.54) is 0 Å². The minimum atomic E-state index is 0.123. The number of thiophene rings is 1. The summed E-state index contributed by atoms with van der Waals surface area (Å²) < 4.78 is 5.69. The number of aromatic nitrogens is 1. The van der Waals surface area contributed by atoms with Crippen LogP contribution in [-0.4, -0.2) is 41.5 Å². The van der Waals surface area contributed by atoms with E-state index < -0.39 is 0 Å². The first-order valence-corrected chi connectivity index (χ1v) is 8.03. The van der Waals surface area contributed by atoms with E-state index >= 15 is 0 Å². The molecule has 0 aliphatic carbocycles. The van der Waals surface area contributed by atoms with Crippen LogP contribution in [0.25, 0.3) is 10.8 Å². The van der Waals surface area contributed by atoms with Gasteiger partial charge in [-0.05, 0) is 25.3 Å². The molecule has 21 heavy (non-hydrogen) atoms. The van der Waals surface area contributed by atoms with Crippen molar-refractivity contribution in [1.82, 2.24) is 15.2 Å². The number of amides is 1. The lowest BCUT2D eigenvalue weighted by Crippen LogP contribution is -2.52. The molecule has 6 heteroatoms. The third kappa shape index (κ3) is 3.01. The van der Waals surface area contributed by atoms with Crippen molar-refractivity contribution >= 4 is 17.2 Å². The van der Waals surface area contributed by atoms with E-state index in [2.05, 4.69) is 17.2 Å². The van der Waals surface area contributed by atoms with E-state index in [9.17, 15) is 4.79 Å². The van der Waals surface area contributed by atoms with Crippen molar-refractivity contribution in [2.24, 2.45) is 0 Å². The molecule has 2 aromatic rings. The standard InChI is InChI=1S/C15H19N3O2S/c1-10-9-16-5-6-18(10)14(19)8-12-11(2)20-15(17-12)13-4-3-7-21-13/h3-4,7,10,16H,5-6,8-9H2,1-2H3/t10-/m0/s1. The maximum atomic E-state index is 12.4. The van der Waals surface area contributed by atoms with Gasteiger partial charge in [-0.3, -0.25) is 4.79 Å². The molecular formula is C15H19N3O2S. The summed E-state index contributed by atoms with van der Waals surface area (Å²) in [6.07, 6.45) is 0.311. The van der Waals surface area contributed by atoms with Crippen LogP contribution in [0.5, 0.6) is 0 Å². The highest BCUT2D eigenvalue weighted by Crippen LogP contribution is 2.26. The molecule has 0 bridgehead atoms. The van der Waals surface area contributed by atoms with E-state index in [1.54, 1.807) is 11.3 Å². The number of aryl methyl sites for hydroxylation is 1. The number of oxazole rings is 1. The van der Waals surface area contributed by atoms with E-state index in [4.69, 9.17) is 4.42 Å². The van der Waals surface area contributed by atoms with Crippen LogP contribution in [0.3, 0.4) is 0 Å². The molecule has 0 saturated carbocycles. The molecule has 5 nitrogen and oxygen atoms in total. The molecule has 0 spiro atoms. The number of carbonyl (C=O) groups is 1. The Bertz CT molecular complexity index is 621. The van der Waals surface area contributed by atoms with Gasteiger partial charge < -0.3 is 14.6 Å². The molecule has 0 radical (unpaired) electrons. The highest BCUT2D eigenvalue weighted by Gasteiger charge is 2.25. The molecule has 1 fully saturated rings. The second kappa shape index (κ2) is 5.99. The number of rotatable bonds is 3. The number of piperazine rings is 1. The monoisotopic (exact) mass is 305 g/mol. The Morgan fingerprint density at radius 2 is 2.48 bits per heavy atom. The molecule has 1 N–H and O–H groups in total. The van der Waals surface area contributed by atoms with E-state index in [0.717, 1.165) is 36.0 Å². The van der Waals surface area contributed by atoms with Crippen molar-refractivity contribution in [3.05, 3.63) is 29.0 Å². The van der Waals surface area contributed by atoms with Crippen LogP contribution >= 0.6 is 11.3 Å². The van der Waals surface area contributed by atoms with Crippen LogP contribution in [0.1, 0.15) is 18.4 Å². The van der Waals surface area contributed by atoms with Gasteiger partial charge in [0.05, 0.1) is 17.0 Å². The van der Waals surface area contributed by atoms with Crippen LogP contribution in [0, 0.1) is 6.92 Å². The van der Waals surface area contributed by atoms with Crippen LogP contribution < -0.4 is 5.32 Å². The maximum Gasteiger partial charge on any atom is 0.236 e. The Morgan fingerprint density at radius 3 is 3.19 bits per heavy atom. The van der Waals surface area contributed by atoms with Gasteiger partial charge in [0.15, 0.2) is 0 Å². The number of hydrogen-bond donors (Lipinski definition) is 1. The SMILES string of the molecule is Cc1oc(-c2cccs2)nc1CC(=O)N1CCNC[C@@H]1C. The highest BCUT2D eigenvalue weighted by molar-refractivity contribution is 7.13. The lowest BCUT2D eigenvalue weighted by molar-refractivity contribution is -0.133. The van der Waals surface area contributed by atoms with Gasteiger partial charge >= 0.3 is 0 Å². The zero-order valence-electron chi connectivity index (χ0n) is 12.3. The molecule has 1 atom stereocenters. The van der Waals surface area contributed by atoms with Gasteiger partial charge in [-0.1, -0.05) is 6.07 Å². The Hall–Kier alpha value is -1.66. The first kappa shape index (κ1) is 14.3. The third-order valence-electron chi connectivity index (χ3n) is 3.76. The summed E-state index contributed by atoms with van der Waals surface area (Å²) in [6.45, 7) is 6.40. The zero-order valence-corrected chi connectivity index (χ0v) is 13.1. The van der Waals surface area contributed by atoms with Gasteiger partial charge in [0, 0.05) is 25.7 Å². The van der Waals surface area contributed by atoms with Crippen molar-refractivity contribution in [1.29, 1.82) is 0 Å². The summed E-state index contributed by atoms with van der Waals surface area (Å²) in [4.78, 5) is 19.9. The average Bonchev–Trinajstić information content (AvgIpc) is 3.10. The molecule has 0 unspecified atom stereocenters. The van der Waals surface area contributed by atoms with Gasteiger partial charge in [-0.2, -0.15) is 0 Å². The molecule has 1 aliphatic rings. The average molecular weight is 305 g/mol. The van der Waals surface area contributed by atoms with Crippen LogP contribution in [-0.2, 0) is 11.2 Å². The summed E-state index contributed by atoms with van der Waals surface area (Å²) in [5, 5.41) is 5.28. The summed E-state index contributed by atoms with van der Waals surface area (Å²) in [5.41, 5.74) is 0.745. The number of hydrogen-bond acceptors (Lipinski definition) is 5. The molecule has 1 aliphatic heterocycles. The van der Waals surface area contributed by atoms with Crippen molar-refractivity contribution < 1.29 is 9.21 Å². The van der Waals surface area contributed by atoms with Gasteiger partial charge in [0.25, 0.3) is 0 Å². The van der Waals surface area contributed by atoms with Crippen molar-refractivity contribution in [2.75, 3.05) is 19.6 Å². The lowest BCUT2D eigenvalue weighted by Gasteiger charge is -2.33. The van der Waals surface area contributed by atoms with Gasteiger partial charge in [-0.15, -0.1) is 11.3 Å². The fourth-order valence-corrected chi connectivity index (χ4v) is 3.20. The second-order valence-corrected chi connectivity index (χ2v) is 6.26. The number of carbonyl (C=O) groups excluding carboxylic acids is 1. The predicted molar refractivity (Wildman–Crippen MR) is 82.3 cm³/mol. The molecule has 1 amide bonds. The summed E-state index contributed by atoms with van der Waals surface area (Å²) in [6, 6.07) is 4.17. The fourth-order valence-electron chi connectivity index (χ4n) is 2.55. The first-order valence-electron chi connectivity index (χ1n) is 7.15. The van der Waals surface area contributed by atoms with E-state index in [0.29, 0.717) is 12.3 Å². The van der Waals surface area contributed by atoms with Crippen molar-refractivity contribution in [3.63, 3.8) is 0 Å². The Morgan fingerprint density at radius 1 is 1.62 bits per heavy atom. The third-order valence-corrected chi connectivity index (χ3v) is 4.62. The smallest absolute Gasteiger partial charge is 0.236 e. The number of nitrogens with one attached hydrogen (secondary N) is 1. The van der Waals surface area contributed by atoms with Crippen molar-refractivity contribution in [3.8, 4) is 10.8 Å². The van der Waals surface area contributed by atoms with Crippen molar-refractivity contribution in [2.45, 2.75) is 26.3 Å². The molecule has 3 rings (SSSR count). The largest absolute Gasteiger partial charge is 0.440 e. The van der Waals surface area contributed by atoms with E-state index in [-0.39, 0.29) is 11.9 Å². The van der Waals surface area contributed by atoms with Crippen LogP contribution in [0.4, 0.5) is 0 Å². The molecule has 2 aromatic heterocycles. The van der Waals surface area contributed by atoms with E-state index in [1.807, 2.05) is 29.3 Å². The normalized spacial score (nSPS) is 19.0.